The normalized spacial score (nSPS) is 11.6. The predicted octanol–water partition coefficient (Wildman–Crippen LogP) is 3.14. The summed E-state index contributed by atoms with van der Waals surface area (Å²) in [6.45, 7) is 6.22. The lowest BCUT2D eigenvalue weighted by Crippen LogP contribution is -2.25. The van der Waals surface area contributed by atoms with Crippen LogP contribution in [0.3, 0.4) is 0 Å². The van der Waals surface area contributed by atoms with E-state index in [4.69, 9.17) is 14.0 Å². The fourth-order valence-electron chi connectivity index (χ4n) is 2.30. The number of hydrogen-bond acceptors (Lipinski definition) is 5. The summed E-state index contributed by atoms with van der Waals surface area (Å²) in [4.78, 5) is 7.48. The molecule has 2 rings (SSSR count). The first-order chi connectivity index (χ1) is 11.4. The summed E-state index contributed by atoms with van der Waals surface area (Å²) in [6.07, 6.45) is 2.95. The van der Waals surface area contributed by atoms with Gasteiger partial charge >= 0.3 is 0 Å². The topological polar surface area (TPSA) is 77.8 Å². The SMILES string of the molecule is CCOc1cc(C)c(S(=O)(=O)NOCCCc2ccco2)cc1C. The zero-order valence-electron chi connectivity index (χ0n) is 14.2. The number of benzene rings is 1. The molecule has 132 valence electrons. The largest absolute Gasteiger partial charge is 0.494 e. The number of ether oxygens (including phenoxy) is 1. The van der Waals surface area contributed by atoms with Crippen LogP contribution in [-0.4, -0.2) is 21.6 Å². The van der Waals surface area contributed by atoms with Gasteiger partial charge in [-0.3, -0.25) is 4.84 Å². The Hall–Kier alpha value is -1.83. The first kappa shape index (κ1) is 18.5. The van der Waals surface area contributed by atoms with Gasteiger partial charge in [-0.15, -0.1) is 0 Å². The van der Waals surface area contributed by atoms with E-state index in [2.05, 4.69) is 4.89 Å². The van der Waals surface area contributed by atoms with Gasteiger partial charge in [0.2, 0.25) is 0 Å². The molecule has 0 saturated heterocycles. The summed E-state index contributed by atoms with van der Waals surface area (Å²) in [5.41, 5.74) is 1.37. The van der Waals surface area contributed by atoms with Crippen LogP contribution in [0.1, 0.15) is 30.2 Å². The number of furan rings is 1. The van der Waals surface area contributed by atoms with E-state index >= 15 is 0 Å². The van der Waals surface area contributed by atoms with Gasteiger partial charge in [-0.25, -0.2) is 8.42 Å². The van der Waals surface area contributed by atoms with Crippen molar-refractivity contribution >= 4 is 10.0 Å². The third kappa shape index (κ3) is 4.83. The zero-order chi connectivity index (χ0) is 17.6. The lowest BCUT2D eigenvalue weighted by molar-refractivity contribution is 0.0905. The van der Waals surface area contributed by atoms with Gasteiger partial charge in [-0.1, -0.05) is 4.89 Å². The highest BCUT2D eigenvalue weighted by molar-refractivity contribution is 7.89. The minimum Gasteiger partial charge on any atom is -0.494 e. The van der Waals surface area contributed by atoms with Gasteiger partial charge in [-0.05, 0) is 62.6 Å². The summed E-state index contributed by atoms with van der Waals surface area (Å²) in [7, 11) is -3.73. The molecule has 7 heteroatoms. The maximum atomic E-state index is 12.4. The molecule has 1 aromatic heterocycles. The molecule has 1 aromatic carbocycles. The van der Waals surface area contributed by atoms with Crippen molar-refractivity contribution < 1.29 is 22.4 Å². The van der Waals surface area contributed by atoms with Crippen LogP contribution in [-0.2, 0) is 21.3 Å². The molecule has 0 aliphatic rings. The van der Waals surface area contributed by atoms with Gasteiger partial charge in [0.15, 0.2) is 0 Å². The van der Waals surface area contributed by atoms with Crippen molar-refractivity contribution in [2.24, 2.45) is 0 Å². The Kier molecular flexibility index (Phi) is 6.42. The van der Waals surface area contributed by atoms with Crippen molar-refractivity contribution in [2.75, 3.05) is 13.2 Å². The van der Waals surface area contributed by atoms with Crippen LogP contribution in [0.4, 0.5) is 0 Å². The smallest absolute Gasteiger partial charge is 0.262 e. The Morgan fingerprint density at radius 1 is 1.21 bits per heavy atom. The Balaban J connectivity index is 1.93. The first-order valence-electron chi connectivity index (χ1n) is 7.84. The minimum absolute atomic E-state index is 0.189. The predicted molar refractivity (Wildman–Crippen MR) is 90.4 cm³/mol. The van der Waals surface area contributed by atoms with E-state index in [9.17, 15) is 8.42 Å². The number of sulfonamides is 1. The summed E-state index contributed by atoms with van der Waals surface area (Å²) in [5.74, 6) is 1.53. The van der Waals surface area contributed by atoms with Crippen molar-refractivity contribution in [2.45, 2.75) is 38.5 Å². The second kappa shape index (κ2) is 8.32. The van der Waals surface area contributed by atoms with Crippen LogP contribution in [0, 0.1) is 13.8 Å². The standard InChI is InChI=1S/C17H23NO5S/c1-4-21-16-11-14(3)17(12-13(16)2)24(19,20)18-23-10-6-8-15-7-5-9-22-15/h5,7,9,11-12,18H,4,6,8,10H2,1-3H3. The molecule has 0 saturated carbocycles. The lowest BCUT2D eigenvalue weighted by atomic mass is 10.1. The van der Waals surface area contributed by atoms with Crippen molar-refractivity contribution in [3.63, 3.8) is 0 Å². The fourth-order valence-corrected chi connectivity index (χ4v) is 3.44. The highest BCUT2D eigenvalue weighted by Crippen LogP contribution is 2.25. The third-order valence-electron chi connectivity index (χ3n) is 3.48. The molecule has 0 atom stereocenters. The first-order valence-corrected chi connectivity index (χ1v) is 9.32. The van der Waals surface area contributed by atoms with Gasteiger partial charge in [-0.2, -0.15) is 0 Å². The van der Waals surface area contributed by atoms with E-state index in [-0.39, 0.29) is 11.5 Å². The Bertz CT molecular complexity index is 754. The molecule has 0 radical (unpaired) electrons. The molecule has 0 bridgehead atoms. The molecular weight excluding hydrogens is 330 g/mol. The molecular formula is C17H23NO5S. The van der Waals surface area contributed by atoms with Crippen LogP contribution in [0.15, 0.2) is 39.8 Å². The van der Waals surface area contributed by atoms with Crippen LogP contribution in [0.25, 0.3) is 0 Å². The van der Waals surface area contributed by atoms with E-state index in [1.165, 1.54) is 0 Å². The molecule has 0 fully saturated rings. The summed E-state index contributed by atoms with van der Waals surface area (Å²) < 4.78 is 35.4. The van der Waals surface area contributed by atoms with Gasteiger partial charge in [0, 0.05) is 6.42 Å². The van der Waals surface area contributed by atoms with Gasteiger partial charge in [0.1, 0.15) is 11.5 Å². The maximum absolute atomic E-state index is 12.4. The second-order valence-corrected chi connectivity index (χ2v) is 7.05. The average molecular weight is 353 g/mol. The molecule has 0 amide bonds. The van der Waals surface area contributed by atoms with Crippen LogP contribution in [0.5, 0.6) is 5.75 Å². The van der Waals surface area contributed by atoms with Crippen molar-refractivity contribution in [1.82, 2.24) is 4.89 Å². The van der Waals surface area contributed by atoms with E-state index in [0.717, 1.165) is 11.3 Å². The van der Waals surface area contributed by atoms with Crippen LogP contribution < -0.4 is 9.62 Å². The lowest BCUT2D eigenvalue weighted by Gasteiger charge is -2.13. The summed E-state index contributed by atoms with van der Waals surface area (Å²) >= 11 is 0. The second-order valence-electron chi connectivity index (χ2n) is 5.43. The van der Waals surface area contributed by atoms with Crippen molar-refractivity contribution in [3.05, 3.63) is 47.4 Å². The zero-order valence-corrected chi connectivity index (χ0v) is 15.0. The molecule has 6 nitrogen and oxygen atoms in total. The van der Waals surface area contributed by atoms with Gasteiger partial charge < -0.3 is 9.15 Å². The molecule has 1 N–H and O–H groups in total. The molecule has 0 unspecified atom stereocenters. The Morgan fingerprint density at radius 2 is 2.00 bits per heavy atom. The minimum atomic E-state index is -3.73. The Morgan fingerprint density at radius 3 is 2.67 bits per heavy atom. The highest BCUT2D eigenvalue weighted by Gasteiger charge is 2.19. The maximum Gasteiger partial charge on any atom is 0.262 e. The van der Waals surface area contributed by atoms with Crippen molar-refractivity contribution in [3.8, 4) is 5.75 Å². The number of hydrogen-bond donors (Lipinski definition) is 1. The summed E-state index contributed by atoms with van der Waals surface area (Å²) in [5, 5.41) is 0. The summed E-state index contributed by atoms with van der Waals surface area (Å²) in [6, 6.07) is 7.01. The van der Waals surface area contributed by atoms with E-state index in [1.54, 1.807) is 25.3 Å². The van der Waals surface area contributed by atoms with Crippen LogP contribution >= 0.6 is 0 Å². The van der Waals surface area contributed by atoms with Gasteiger partial charge in [0.25, 0.3) is 10.0 Å². The third-order valence-corrected chi connectivity index (χ3v) is 4.84. The van der Waals surface area contributed by atoms with Crippen LogP contribution in [0.2, 0.25) is 0 Å². The number of rotatable bonds is 9. The monoisotopic (exact) mass is 353 g/mol. The Labute approximate surface area is 142 Å². The molecule has 0 aliphatic carbocycles. The molecule has 1 heterocycles. The average Bonchev–Trinajstić information content (AvgIpc) is 3.03. The van der Waals surface area contributed by atoms with Crippen molar-refractivity contribution in [1.29, 1.82) is 0 Å². The molecule has 0 aliphatic heterocycles. The van der Waals surface area contributed by atoms with E-state index in [0.29, 0.717) is 30.8 Å². The van der Waals surface area contributed by atoms with Gasteiger partial charge in [0.05, 0.1) is 24.4 Å². The number of aryl methyl sites for hydroxylation is 3. The van der Waals surface area contributed by atoms with E-state index in [1.807, 2.05) is 26.0 Å². The number of nitrogens with one attached hydrogen (secondary N) is 1. The van der Waals surface area contributed by atoms with E-state index < -0.39 is 10.0 Å². The quantitative estimate of drug-likeness (QED) is 0.553. The molecule has 0 spiro atoms. The highest BCUT2D eigenvalue weighted by atomic mass is 32.2. The molecule has 24 heavy (non-hydrogen) atoms. The molecule has 2 aromatic rings. The fraction of sp³-hybridized carbons (Fsp3) is 0.412.